The fraction of sp³-hybridized carbons (Fsp3) is 0.556. The molecule has 13 heteroatoms. The highest BCUT2D eigenvalue weighted by Crippen LogP contribution is 2.39. The Kier molecular flexibility index (Phi) is 4.54. The summed E-state index contributed by atoms with van der Waals surface area (Å²) < 4.78 is 20.9. The molecule has 1 aromatic heterocycles. The number of nitrogens with zero attached hydrogens (tertiary/aromatic N) is 2. The van der Waals surface area contributed by atoms with Gasteiger partial charge in [0.05, 0.1) is 6.61 Å². The number of phosphoric ester groups is 1. The largest absolute Gasteiger partial charge is 0.493 e. The second kappa shape index (κ2) is 5.93. The van der Waals surface area contributed by atoms with Gasteiger partial charge in [0, 0.05) is 0 Å². The molecule has 1 saturated heterocycles. The van der Waals surface area contributed by atoms with Crippen molar-refractivity contribution in [1.29, 1.82) is 0 Å². The van der Waals surface area contributed by atoms with Gasteiger partial charge in [0.1, 0.15) is 24.6 Å². The summed E-state index contributed by atoms with van der Waals surface area (Å²) in [6.45, 7) is -0.697. The van der Waals surface area contributed by atoms with E-state index in [9.17, 15) is 24.7 Å². The second-order valence-electron chi connectivity index (χ2n) is 4.52. The van der Waals surface area contributed by atoms with Crippen molar-refractivity contribution >= 4 is 13.7 Å². The van der Waals surface area contributed by atoms with Gasteiger partial charge < -0.3 is 35.6 Å². The van der Waals surface area contributed by atoms with E-state index >= 15 is 0 Å². The first-order chi connectivity index (χ1) is 10.1. The molecule has 1 amide bonds. The predicted octanol–water partition coefficient (Wildman–Crippen LogP) is -2.58. The summed E-state index contributed by atoms with van der Waals surface area (Å²) in [6, 6.07) is 0. The molecule has 1 aromatic rings. The number of hydrogen-bond donors (Lipinski definition) is 6. The number of aromatic nitrogens is 2. The van der Waals surface area contributed by atoms with Crippen LogP contribution in [0.2, 0.25) is 0 Å². The number of aliphatic hydroxyl groups is 2. The first-order valence-electron chi connectivity index (χ1n) is 5.89. The maximum Gasteiger partial charge on any atom is 0.469 e. The van der Waals surface area contributed by atoms with Crippen molar-refractivity contribution in [3.8, 4) is 5.88 Å². The minimum Gasteiger partial charge on any atom is -0.493 e. The highest BCUT2D eigenvalue weighted by atomic mass is 31.2. The fourth-order valence-corrected chi connectivity index (χ4v) is 2.32. The maximum absolute atomic E-state index is 11.0. The topological polar surface area (TPSA) is 198 Å². The van der Waals surface area contributed by atoms with Crippen LogP contribution in [0.15, 0.2) is 6.33 Å². The van der Waals surface area contributed by atoms with Crippen LogP contribution in [0.3, 0.4) is 0 Å². The highest BCUT2D eigenvalue weighted by molar-refractivity contribution is 7.46. The van der Waals surface area contributed by atoms with E-state index in [1.54, 1.807) is 0 Å². The lowest BCUT2D eigenvalue weighted by atomic mass is 10.1. The average Bonchev–Trinajstić information content (AvgIpc) is 2.90. The molecule has 1 fully saturated rings. The molecule has 4 unspecified atom stereocenters. The Morgan fingerprint density at radius 2 is 2.09 bits per heavy atom. The van der Waals surface area contributed by atoms with Gasteiger partial charge in [0.25, 0.3) is 5.91 Å². The Morgan fingerprint density at radius 1 is 1.45 bits per heavy atom. The lowest BCUT2D eigenvalue weighted by molar-refractivity contribution is -0.0546. The summed E-state index contributed by atoms with van der Waals surface area (Å²) >= 11 is 0. The monoisotopic (exact) mass is 339 g/mol. The summed E-state index contributed by atoms with van der Waals surface area (Å²) in [5.41, 5.74) is 4.52. The average molecular weight is 339 g/mol. The number of aromatic hydroxyl groups is 1. The lowest BCUT2D eigenvalue weighted by Crippen LogP contribution is -2.33. The van der Waals surface area contributed by atoms with Crippen molar-refractivity contribution in [1.82, 2.24) is 9.55 Å². The van der Waals surface area contributed by atoms with E-state index in [4.69, 9.17) is 20.3 Å². The molecule has 22 heavy (non-hydrogen) atoms. The number of imidazole rings is 1. The van der Waals surface area contributed by atoms with Crippen LogP contribution in [0.25, 0.3) is 0 Å². The van der Waals surface area contributed by atoms with Gasteiger partial charge in [-0.3, -0.25) is 13.9 Å². The van der Waals surface area contributed by atoms with Crippen molar-refractivity contribution in [2.45, 2.75) is 24.5 Å². The summed E-state index contributed by atoms with van der Waals surface area (Å²) in [7, 11) is -4.78. The van der Waals surface area contributed by atoms with E-state index in [-0.39, 0.29) is 0 Å². The van der Waals surface area contributed by atoms with E-state index in [0.717, 1.165) is 10.9 Å². The van der Waals surface area contributed by atoms with Gasteiger partial charge in [-0.05, 0) is 0 Å². The summed E-state index contributed by atoms with van der Waals surface area (Å²) in [5.74, 6) is -1.69. The van der Waals surface area contributed by atoms with Gasteiger partial charge in [0.15, 0.2) is 11.9 Å². The highest BCUT2D eigenvalue weighted by Gasteiger charge is 2.45. The number of rotatable bonds is 5. The van der Waals surface area contributed by atoms with Crippen LogP contribution in [0.5, 0.6) is 5.88 Å². The lowest BCUT2D eigenvalue weighted by Gasteiger charge is -2.16. The molecule has 1 aliphatic rings. The molecule has 2 heterocycles. The van der Waals surface area contributed by atoms with E-state index in [1.807, 2.05) is 0 Å². The number of aliphatic hydroxyl groups excluding tert-OH is 2. The Hall–Kier alpha value is -1.53. The maximum atomic E-state index is 11.0. The fourth-order valence-electron chi connectivity index (χ4n) is 1.98. The Balaban J connectivity index is 2.16. The number of hydrogen-bond acceptors (Lipinski definition) is 8. The summed E-state index contributed by atoms with van der Waals surface area (Å²) in [5, 5.41) is 29.4. The van der Waals surface area contributed by atoms with Gasteiger partial charge in [-0.1, -0.05) is 0 Å². The zero-order valence-corrected chi connectivity index (χ0v) is 11.8. The standard InChI is InChI=1S/C9H14N3O9P/c10-7(15)4-8(16)12(2-11-4)9-6(14)5(13)3(21-9)1-20-22(17,18)19/h2-3,5-6,9,13-14,16H,1H2,(H2,10,15)(H2,17,18,19). The van der Waals surface area contributed by atoms with Crippen LogP contribution in [0.1, 0.15) is 16.7 Å². The summed E-state index contributed by atoms with van der Waals surface area (Å²) in [4.78, 5) is 31.7. The molecule has 12 nitrogen and oxygen atoms in total. The molecule has 0 aromatic carbocycles. The number of nitrogens with two attached hydrogens (primary N) is 1. The van der Waals surface area contributed by atoms with Crippen LogP contribution < -0.4 is 5.73 Å². The molecule has 4 atom stereocenters. The van der Waals surface area contributed by atoms with Gasteiger partial charge in [0.2, 0.25) is 5.88 Å². The molecule has 124 valence electrons. The SMILES string of the molecule is NC(=O)c1ncn(C2OC(COP(=O)(O)O)C(O)C2O)c1O. The molecule has 1 aliphatic heterocycles. The van der Waals surface area contributed by atoms with Crippen molar-refractivity contribution in [2.75, 3.05) is 6.61 Å². The molecular formula is C9H14N3O9P. The van der Waals surface area contributed by atoms with Crippen LogP contribution >= 0.6 is 7.82 Å². The van der Waals surface area contributed by atoms with Crippen LogP contribution in [-0.2, 0) is 13.8 Å². The number of amides is 1. The van der Waals surface area contributed by atoms with Crippen molar-refractivity contribution in [2.24, 2.45) is 5.73 Å². The zero-order chi connectivity index (χ0) is 16.7. The van der Waals surface area contributed by atoms with E-state index in [0.29, 0.717) is 0 Å². The normalized spacial score (nSPS) is 28.9. The first kappa shape index (κ1) is 16.8. The van der Waals surface area contributed by atoms with Crippen LogP contribution in [0, 0.1) is 0 Å². The van der Waals surface area contributed by atoms with E-state index in [1.165, 1.54) is 0 Å². The van der Waals surface area contributed by atoms with Crippen LogP contribution in [0.4, 0.5) is 0 Å². The molecule has 0 aliphatic carbocycles. The van der Waals surface area contributed by atoms with Gasteiger partial charge in [-0.15, -0.1) is 0 Å². The number of primary amides is 1. The van der Waals surface area contributed by atoms with Crippen molar-refractivity contribution in [3.63, 3.8) is 0 Å². The second-order valence-corrected chi connectivity index (χ2v) is 5.76. The van der Waals surface area contributed by atoms with Gasteiger partial charge >= 0.3 is 7.82 Å². The molecule has 0 bridgehead atoms. The van der Waals surface area contributed by atoms with E-state index in [2.05, 4.69) is 9.51 Å². The van der Waals surface area contributed by atoms with E-state index < -0.39 is 56.5 Å². The number of ether oxygens (including phenoxy) is 1. The first-order valence-corrected chi connectivity index (χ1v) is 7.42. The smallest absolute Gasteiger partial charge is 0.469 e. The quantitative estimate of drug-likeness (QED) is 0.310. The Morgan fingerprint density at radius 3 is 2.59 bits per heavy atom. The number of carbonyl (C=O) groups is 1. The third-order valence-electron chi connectivity index (χ3n) is 3.02. The number of phosphoric acid groups is 1. The van der Waals surface area contributed by atoms with Crippen molar-refractivity contribution < 1.29 is 43.7 Å². The molecular weight excluding hydrogens is 325 g/mol. The van der Waals surface area contributed by atoms with Crippen molar-refractivity contribution in [3.05, 3.63) is 12.0 Å². The Bertz CT molecular complexity index is 613. The third-order valence-corrected chi connectivity index (χ3v) is 3.50. The third kappa shape index (κ3) is 3.28. The Labute approximate surface area is 123 Å². The zero-order valence-electron chi connectivity index (χ0n) is 10.9. The molecule has 7 N–H and O–H groups in total. The van der Waals surface area contributed by atoms with Crippen LogP contribution in [-0.4, -0.2) is 65.5 Å². The molecule has 0 saturated carbocycles. The number of carbonyl (C=O) groups excluding carboxylic acids is 1. The van der Waals surface area contributed by atoms with Gasteiger partial charge in [-0.25, -0.2) is 9.55 Å². The molecule has 0 radical (unpaired) electrons. The molecule has 0 spiro atoms. The minimum atomic E-state index is -4.78. The molecule has 2 rings (SSSR count). The summed E-state index contributed by atoms with van der Waals surface area (Å²) in [6.07, 6.45) is -4.77. The van der Waals surface area contributed by atoms with Gasteiger partial charge in [-0.2, -0.15) is 0 Å². The predicted molar refractivity (Wildman–Crippen MR) is 66.3 cm³/mol. The minimum absolute atomic E-state index is 0.458.